The summed E-state index contributed by atoms with van der Waals surface area (Å²) in [5.74, 6) is -2.65. The Morgan fingerprint density at radius 1 is 0.900 bits per heavy atom. The molecular weight excluding hydrogens is 576 g/mol. The van der Waals surface area contributed by atoms with E-state index in [2.05, 4.69) is 37.1 Å². The van der Waals surface area contributed by atoms with Crippen molar-refractivity contribution in [1.29, 1.82) is 0 Å². The molecule has 0 unspecified atom stereocenters. The third-order valence-corrected chi connectivity index (χ3v) is 6.97. The number of halogens is 1. The molecule has 0 saturated heterocycles. The zero-order valence-electron chi connectivity index (χ0n) is 21.9. The van der Waals surface area contributed by atoms with E-state index in [0.29, 0.717) is 15.6 Å². The van der Waals surface area contributed by atoms with Crippen LogP contribution in [0.1, 0.15) is 63.9 Å². The van der Waals surface area contributed by atoms with Crippen molar-refractivity contribution in [2.45, 2.75) is 45.1 Å². The number of anilines is 1. The highest BCUT2D eigenvalue weighted by atomic mass is 79.9. The molecule has 3 N–H and O–H groups in total. The molecule has 4 rings (SSSR count). The first-order chi connectivity index (χ1) is 19.3. The highest BCUT2D eigenvalue weighted by Crippen LogP contribution is 2.24. The second kappa shape index (κ2) is 13.7. The summed E-state index contributed by atoms with van der Waals surface area (Å²) in [6, 6.07) is 18.6. The van der Waals surface area contributed by atoms with E-state index in [1.807, 2.05) is 19.1 Å². The molecule has 1 aliphatic carbocycles. The standard InChI is InChI=1S/C30H29BrN4O5/c1-19-9-5-6-12-23(19)30(39)40-26-16-15-21(31)17-20(26)18-32-35-29(38)28(37)34-25-14-8-7-13-24(25)27(36)33-22-10-3-2-4-11-22/h5-9,12-18,22H,2-4,10-11H2,1H3,(H,33,36)(H,34,37)(H,35,38). The van der Waals surface area contributed by atoms with Gasteiger partial charge in [-0.2, -0.15) is 5.10 Å². The number of rotatable bonds is 7. The van der Waals surface area contributed by atoms with Crippen molar-refractivity contribution in [3.05, 3.63) is 93.5 Å². The van der Waals surface area contributed by atoms with Crippen LogP contribution in [0.2, 0.25) is 0 Å². The summed E-state index contributed by atoms with van der Waals surface area (Å²) < 4.78 is 6.25. The smallest absolute Gasteiger partial charge is 0.343 e. The molecule has 0 radical (unpaired) electrons. The van der Waals surface area contributed by atoms with Crippen LogP contribution in [-0.2, 0) is 9.59 Å². The van der Waals surface area contributed by atoms with Crippen LogP contribution in [0.4, 0.5) is 5.69 Å². The zero-order chi connectivity index (χ0) is 28.5. The topological polar surface area (TPSA) is 126 Å². The van der Waals surface area contributed by atoms with Gasteiger partial charge in [0.25, 0.3) is 5.91 Å². The number of nitrogens with one attached hydrogen (secondary N) is 3. The summed E-state index contributed by atoms with van der Waals surface area (Å²) in [6.07, 6.45) is 6.41. The molecule has 1 fully saturated rings. The number of carbonyl (C=O) groups excluding carboxylic acids is 4. The Labute approximate surface area is 240 Å². The Bertz CT molecular complexity index is 1450. The molecule has 0 bridgehead atoms. The second-order valence-corrected chi connectivity index (χ2v) is 10.3. The number of amides is 3. The number of carbonyl (C=O) groups is 4. The fraction of sp³-hybridized carbons (Fsp3) is 0.233. The van der Waals surface area contributed by atoms with Gasteiger partial charge in [-0.05, 0) is 61.7 Å². The molecule has 10 heteroatoms. The van der Waals surface area contributed by atoms with Gasteiger partial charge < -0.3 is 15.4 Å². The Hall–Kier alpha value is -4.31. The van der Waals surface area contributed by atoms with Crippen LogP contribution in [0.5, 0.6) is 5.75 Å². The molecule has 3 aromatic carbocycles. The van der Waals surface area contributed by atoms with Gasteiger partial charge >= 0.3 is 17.8 Å². The monoisotopic (exact) mass is 604 g/mol. The van der Waals surface area contributed by atoms with Gasteiger partial charge in [-0.1, -0.05) is 65.5 Å². The number of nitrogens with zero attached hydrogens (tertiary/aromatic N) is 1. The van der Waals surface area contributed by atoms with Gasteiger partial charge in [-0.25, -0.2) is 10.2 Å². The van der Waals surface area contributed by atoms with E-state index in [1.54, 1.807) is 54.6 Å². The summed E-state index contributed by atoms with van der Waals surface area (Å²) >= 11 is 3.36. The lowest BCUT2D eigenvalue weighted by atomic mass is 9.95. The first-order valence-electron chi connectivity index (χ1n) is 12.9. The third-order valence-electron chi connectivity index (χ3n) is 6.48. The number of para-hydroxylation sites is 1. The van der Waals surface area contributed by atoms with E-state index in [4.69, 9.17) is 4.74 Å². The van der Waals surface area contributed by atoms with Gasteiger partial charge in [-0.3, -0.25) is 14.4 Å². The summed E-state index contributed by atoms with van der Waals surface area (Å²) in [5.41, 5.74) is 4.24. The van der Waals surface area contributed by atoms with Crippen molar-refractivity contribution in [2.24, 2.45) is 5.10 Å². The van der Waals surface area contributed by atoms with E-state index in [-0.39, 0.29) is 28.9 Å². The number of hydrogen-bond acceptors (Lipinski definition) is 6. The maximum absolute atomic E-state index is 12.8. The van der Waals surface area contributed by atoms with Crippen LogP contribution in [0.15, 0.2) is 76.3 Å². The van der Waals surface area contributed by atoms with Crippen molar-refractivity contribution in [3.8, 4) is 5.75 Å². The highest BCUT2D eigenvalue weighted by Gasteiger charge is 2.21. The SMILES string of the molecule is Cc1ccccc1C(=O)Oc1ccc(Br)cc1C=NNC(=O)C(=O)Nc1ccccc1C(=O)NC1CCCCC1. The maximum atomic E-state index is 12.8. The fourth-order valence-corrected chi connectivity index (χ4v) is 4.74. The van der Waals surface area contributed by atoms with Crippen molar-refractivity contribution in [2.75, 3.05) is 5.32 Å². The number of ether oxygens (including phenoxy) is 1. The van der Waals surface area contributed by atoms with Crippen LogP contribution < -0.4 is 20.8 Å². The van der Waals surface area contributed by atoms with Gasteiger partial charge in [0.2, 0.25) is 0 Å². The lowest BCUT2D eigenvalue weighted by molar-refractivity contribution is -0.136. The lowest BCUT2D eigenvalue weighted by Gasteiger charge is -2.23. The molecule has 0 spiro atoms. The number of esters is 1. The van der Waals surface area contributed by atoms with Crippen LogP contribution in [0.25, 0.3) is 0 Å². The van der Waals surface area contributed by atoms with Gasteiger partial charge in [0.1, 0.15) is 5.75 Å². The molecule has 1 saturated carbocycles. The van der Waals surface area contributed by atoms with E-state index in [0.717, 1.165) is 37.7 Å². The van der Waals surface area contributed by atoms with Crippen LogP contribution >= 0.6 is 15.9 Å². The number of aryl methyl sites for hydroxylation is 1. The van der Waals surface area contributed by atoms with E-state index >= 15 is 0 Å². The summed E-state index contributed by atoms with van der Waals surface area (Å²) in [7, 11) is 0. The minimum atomic E-state index is -1.04. The molecule has 0 aliphatic heterocycles. The molecule has 3 aromatic rings. The van der Waals surface area contributed by atoms with Gasteiger partial charge in [0.15, 0.2) is 0 Å². The first kappa shape index (κ1) is 28.7. The van der Waals surface area contributed by atoms with E-state index in [9.17, 15) is 19.2 Å². The van der Waals surface area contributed by atoms with Crippen LogP contribution in [-0.4, -0.2) is 35.9 Å². The summed E-state index contributed by atoms with van der Waals surface area (Å²) in [5, 5.41) is 9.36. The third kappa shape index (κ3) is 7.63. The number of hydrogen-bond donors (Lipinski definition) is 3. The average molecular weight is 605 g/mol. The molecule has 3 amide bonds. The molecule has 1 aliphatic rings. The quantitative estimate of drug-likeness (QED) is 0.113. The largest absolute Gasteiger partial charge is 0.422 e. The minimum Gasteiger partial charge on any atom is -0.422 e. The van der Waals surface area contributed by atoms with Crippen LogP contribution in [0.3, 0.4) is 0 Å². The van der Waals surface area contributed by atoms with Crippen molar-refractivity contribution in [3.63, 3.8) is 0 Å². The van der Waals surface area contributed by atoms with Crippen molar-refractivity contribution >= 4 is 51.5 Å². The first-order valence-corrected chi connectivity index (χ1v) is 13.7. The Morgan fingerprint density at radius 3 is 2.35 bits per heavy atom. The number of benzene rings is 3. The van der Waals surface area contributed by atoms with Crippen molar-refractivity contribution < 1.29 is 23.9 Å². The van der Waals surface area contributed by atoms with E-state index < -0.39 is 17.8 Å². The zero-order valence-corrected chi connectivity index (χ0v) is 23.5. The second-order valence-electron chi connectivity index (χ2n) is 9.39. The maximum Gasteiger partial charge on any atom is 0.343 e. The number of hydrazone groups is 1. The predicted octanol–water partition coefficient (Wildman–Crippen LogP) is 5.13. The molecule has 40 heavy (non-hydrogen) atoms. The molecule has 0 atom stereocenters. The average Bonchev–Trinajstić information content (AvgIpc) is 2.95. The van der Waals surface area contributed by atoms with Gasteiger partial charge in [0, 0.05) is 16.1 Å². The molecule has 0 heterocycles. The summed E-state index contributed by atoms with van der Waals surface area (Å²) in [6.45, 7) is 1.81. The van der Waals surface area contributed by atoms with Gasteiger partial charge in [-0.15, -0.1) is 0 Å². The Balaban J connectivity index is 1.39. The highest BCUT2D eigenvalue weighted by molar-refractivity contribution is 9.10. The Kier molecular flexibility index (Phi) is 9.80. The van der Waals surface area contributed by atoms with Crippen LogP contribution in [0, 0.1) is 6.92 Å². The molecule has 206 valence electrons. The Morgan fingerprint density at radius 2 is 1.60 bits per heavy atom. The minimum absolute atomic E-state index is 0.0987. The van der Waals surface area contributed by atoms with E-state index in [1.165, 1.54) is 6.21 Å². The lowest BCUT2D eigenvalue weighted by Crippen LogP contribution is -2.37. The van der Waals surface area contributed by atoms with Crippen molar-refractivity contribution in [1.82, 2.24) is 10.7 Å². The van der Waals surface area contributed by atoms with Gasteiger partial charge in [0.05, 0.1) is 23.0 Å². The molecular formula is C30H29BrN4O5. The summed E-state index contributed by atoms with van der Waals surface area (Å²) in [4.78, 5) is 50.5. The normalized spacial score (nSPS) is 13.4. The molecule has 9 nitrogen and oxygen atoms in total. The fourth-order valence-electron chi connectivity index (χ4n) is 4.36. The predicted molar refractivity (Wildman–Crippen MR) is 155 cm³/mol. The molecule has 0 aromatic heterocycles.